The smallest absolute Gasteiger partial charge is 0.0620 e. The quantitative estimate of drug-likeness (QED) is 0.646. The Hall–Kier alpha value is -0.830. The number of aryl methyl sites for hydroxylation is 1. The van der Waals surface area contributed by atoms with Gasteiger partial charge < -0.3 is 5.73 Å². The summed E-state index contributed by atoms with van der Waals surface area (Å²) in [5.41, 5.74) is 7.79. The molecule has 17 heavy (non-hydrogen) atoms. The molecule has 1 aliphatic rings. The number of hydrogen-bond acceptors (Lipinski definition) is 2. The number of hydrogen-bond donors (Lipinski definition) is 1. The van der Waals surface area contributed by atoms with Crippen LogP contribution in [0.3, 0.4) is 0 Å². The molecule has 2 nitrogen and oxygen atoms in total. The van der Waals surface area contributed by atoms with Crippen molar-refractivity contribution in [2.24, 2.45) is 0 Å². The minimum Gasteiger partial charge on any atom is -0.398 e. The van der Waals surface area contributed by atoms with E-state index in [1.807, 2.05) is 25.1 Å². The summed E-state index contributed by atoms with van der Waals surface area (Å²) < 4.78 is 12.5. The molecule has 1 aromatic carbocycles. The van der Waals surface area contributed by atoms with Crippen LogP contribution in [0.1, 0.15) is 44.1 Å². The Morgan fingerprint density at radius 2 is 1.82 bits per heavy atom. The van der Waals surface area contributed by atoms with E-state index in [9.17, 15) is 4.21 Å². The highest BCUT2D eigenvalue weighted by molar-refractivity contribution is 7.85. The van der Waals surface area contributed by atoms with E-state index in [4.69, 9.17) is 5.73 Å². The van der Waals surface area contributed by atoms with Crippen molar-refractivity contribution in [3.63, 3.8) is 0 Å². The summed E-state index contributed by atoms with van der Waals surface area (Å²) in [6.45, 7) is 2.01. The average molecular weight is 251 g/mol. The molecule has 0 bridgehead atoms. The number of nitrogens with two attached hydrogens (primary N) is 1. The minimum absolute atomic E-state index is 0.308. The van der Waals surface area contributed by atoms with Crippen LogP contribution >= 0.6 is 0 Å². The molecule has 0 amide bonds. The highest BCUT2D eigenvalue weighted by atomic mass is 32.2. The fourth-order valence-corrected chi connectivity index (χ4v) is 4.10. The molecule has 1 fully saturated rings. The van der Waals surface area contributed by atoms with Crippen molar-refractivity contribution in [1.29, 1.82) is 0 Å². The van der Waals surface area contributed by atoms with E-state index in [0.717, 1.165) is 23.3 Å². The van der Waals surface area contributed by atoms with Crippen molar-refractivity contribution in [2.45, 2.75) is 55.6 Å². The summed E-state index contributed by atoms with van der Waals surface area (Å²) in [4.78, 5) is 0.836. The van der Waals surface area contributed by atoms with Gasteiger partial charge in [0.2, 0.25) is 0 Å². The topological polar surface area (TPSA) is 43.1 Å². The molecule has 2 rings (SSSR count). The van der Waals surface area contributed by atoms with Crippen LogP contribution in [0.4, 0.5) is 5.69 Å². The van der Waals surface area contributed by atoms with Crippen molar-refractivity contribution in [3.8, 4) is 0 Å². The van der Waals surface area contributed by atoms with Crippen molar-refractivity contribution in [1.82, 2.24) is 0 Å². The maximum atomic E-state index is 12.5. The largest absolute Gasteiger partial charge is 0.398 e. The summed E-state index contributed by atoms with van der Waals surface area (Å²) in [5, 5.41) is 0.308. The maximum absolute atomic E-state index is 12.5. The second-order valence-electron chi connectivity index (χ2n) is 4.95. The van der Waals surface area contributed by atoms with Gasteiger partial charge in [-0.2, -0.15) is 0 Å². The second-order valence-corrected chi connectivity index (χ2v) is 6.65. The highest BCUT2D eigenvalue weighted by Crippen LogP contribution is 2.28. The van der Waals surface area contributed by atoms with Gasteiger partial charge in [0.15, 0.2) is 0 Å². The Kier molecular flexibility index (Phi) is 4.21. The van der Waals surface area contributed by atoms with Crippen molar-refractivity contribution >= 4 is 16.5 Å². The van der Waals surface area contributed by atoms with E-state index in [-0.39, 0.29) is 0 Å². The first-order valence-electron chi connectivity index (χ1n) is 6.45. The molecule has 1 saturated carbocycles. The Balaban J connectivity index is 2.17. The number of anilines is 1. The number of benzene rings is 1. The summed E-state index contributed by atoms with van der Waals surface area (Å²) in [7, 11) is -0.926. The molecule has 0 aromatic heterocycles. The van der Waals surface area contributed by atoms with Crippen molar-refractivity contribution < 1.29 is 4.21 Å². The van der Waals surface area contributed by atoms with Crippen LogP contribution in [0, 0.1) is 6.92 Å². The van der Waals surface area contributed by atoms with Crippen molar-refractivity contribution in [3.05, 3.63) is 23.8 Å². The maximum Gasteiger partial charge on any atom is 0.0620 e. The average Bonchev–Trinajstić information content (AvgIpc) is 2.56. The van der Waals surface area contributed by atoms with E-state index in [2.05, 4.69) is 0 Å². The van der Waals surface area contributed by atoms with Gasteiger partial charge in [0, 0.05) is 10.9 Å². The lowest BCUT2D eigenvalue weighted by molar-refractivity contribution is 0.642. The van der Waals surface area contributed by atoms with Gasteiger partial charge in [0.25, 0.3) is 0 Å². The summed E-state index contributed by atoms with van der Waals surface area (Å²) >= 11 is 0. The van der Waals surface area contributed by atoms with Gasteiger partial charge in [0.05, 0.1) is 15.7 Å². The molecule has 1 aromatic rings. The van der Waals surface area contributed by atoms with Gasteiger partial charge >= 0.3 is 0 Å². The molecule has 0 heterocycles. The van der Waals surface area contributed by atoms with E-state index >= 15 is 0 Å². The molecule has 0 radical (unpaired) electrons. The Bertz CT molecular complexity index is 409. The van der Waals surface area contributed by atoms with E-state index in [0.29, 0.717) is 10.9 Å². The minimum atomic E-state index is -0.926. The predicted octanol–water partition coefficient (Wildman–Crippen LogP) is 3.41. The summed E-state index contributed by atoms with van der Waals surface area (Å²) in [5.74, 6) is 0. The third-order valence-corrected chi connectivity index (χ3v) is 5.37. The molecule has 1 aliphatic carbocycles. The molecule has 2 N–H and O–H groups in total. The van der Waals surface area contributed by atoms with E-state index < -0.39 is 10.8 Å². The number of nitrogen functional groups attached to an aromatic ring is 1. The zero-order valence-electron chi connectivity index (χ0n) is 10.4. The Labute approximate surface area is 106 Å². The molecule has 0 aliphatic heterocycles. The van der Waals surface area contributed by atoms with Crippen LogP contribution in [0.5, 0.6) is 0 Å². The zero-order chi connectivity index (χ0) is 12.3. The molecule has 0 saturated heterocycles. The molecule has 0 spiro atoms. The first-order valence-corrected chi connectivity index (χ1v) is 7.66. The first-order chi connectivity index (χ1) is 8.18. The van der Waals surface area contributed by atoms with Gasteiger partial charge in [-0.3, -0.25) is 4.21 Å². The van der Waals surface area contributed by atoms with E-state index in [1.54, 1.807) is 0 Å². The zero-order valence-corrected chi connectivity index (χ0v) is 11.3. The summed E-state index contributed by atoms with van der Waals surface area (Å²) in [6.07, 6.45) is 7.17. The lowest BCUT2D eigenvalue weighted by Gasteiger charge is -2.15. The first kappa shape index (κ1) is 12.6. The summed E-state index contributed by atoms with van der Waals surface area (Å²) in [6, 6.07) is 5.86. The lowest BCUT2D eigenvalue weighted by atomic mass is 10.2. The lowest BCUT2D eigenvalue weighted by Crippen LogP contribution is -2.15. The van der Waals surface area contributed by atoms with Crippen LogP contribution in [0.15, 0.2) is 23.1 Å². The molecule has 1 atom stereocenters. The van der Waals surface area contributed by atoms with Gasteiger partial charge in [0.1, 0.15) is 0 Å². The standard InChI is InChI=1S/C14H21NOS/c1-11-8-9-14(13(15)10-11)17(16)12-6-4-2-3-5-7-12/h8-10,12H,2-7,15H2,1H3. The van der Waals surface area contributed by atoms with Gasteiger partial charge in [-0.05, 0) is 37.5 Å². The van der Waals surface area contributed by atoms with E-state index in [1.165, 1.54) is 25.7 Å². The van der Waals surface area contributed by atoms with Crippen LogP contribution in [0.25, 0.3) is 0 Å². The van der Waals surface area contributed by atoms with Crippen LogP contribution < -0.4 is 5.73 Å². The van der Waals surface area contributed by atoms with Gasteiger partial charge in [-0.1, -0.05) is 31.7 Å². The fourth-order valence-electron chi connectivity index (χ4n) is 2.49. The third-order valence-electron chi connectivity index (χ3n) is 3.49. The van der Waals surface area contributed by atoms with Crippen LogP contribution in [-0.4, -0.2) is 9.46 Å². The SMILES string of the molecule is Cc1ccc(S(=O)C2CCCCCC2)c(N)c1. The van der Waals surface area contributed by atoms with Crippen molar-refractivity contribution in [2.75, 3.05) is 5.73 Å². The monoisotopic (exact) mass is 251 g/mol. The Morgan fingerprint density at radius 3 is 2.41 bits per heavy atom. The van der Waals surface area contributed by atoms with Crippen LogP contribution in [-0.2, 0) is 10.8 Å². The molecule has 1 unspecified atom stereocenters. The molecular formula is C14H21NOS. The Morgan fingerprint density at radius 1 is 1.18 bits per heavy atom. The highest BCUT2D eigenvalue weighted by Gasteiger charge is 2.21. The molecular weight excluding hydrogens is 230 g/mol. The second kappa shape index (κ2) is 5.67. The van der Waals surface area contributed by atoms with Gasteiger partial charge in [-0.15, -0.1) is 0 Å². The van der Waals surface area contributed by atoms with Crippen LogP contribution in [0.2, 0.25) is 0 Å². The normalized spacial score (nSPS) is 19.8. The molecule has 94 valence electrons. The predicted molar refractivity (Wildman–Crippen MR) is 73.5 cm³/mol. The number of rotatable bonds is 2. The fraction of sp³-hybridized carbons (Fsp3) is 0.571. The molecule has 3 heteroatoms. The van der Waals surface area contributed by atoms with Gasteiger partial charge in [-0.25, -0.2) is 0 Å². The third kappa shape index (κ3) is 3.09.